The summed E-state index contributed by atoms with van der Waals surface area (Å²) in [6, 6.07) is 7.01. The van der Waals surface area contributed by atoms with E-state index >= 15 is 0 Å². The van der Waals surface area contributed by atoms with Gasteiger partial charge in [-0.15, -0.1) is 0 Å². The van der Waals surface area contributed by atoms with E-state index in [0.717, 1.165) is 37.3 Å². The number of benzene rings is 1. The lowest BCUT2D eigenvalue weighted by Crippen LogP contribution is -2.54. The second-order valence-corrected chi connectivity index (χ2v) is 7.86. The van der Waals surface area contributed by atoms with Gasteiger partial charge in [0.25, 0.3) is 0 Å². The second-order valence-electron chi connectivity index (χ2n) is 7.86. The molecule has 2 heterocycles. The highest BCUT2D eigenvalue weighted by atomic mass is 16.2. The van der Waals surface area contributed by atoms with Gasteiger partial charge < -0.3 is 15.5 Å². The van der Waals surface area contributed by atoms with Gasteiger partial charge in [0.2, 0.25) is 5.91 Å². The van der Waals surface area contributed by atoms with Crippen LogP contribution in [0.25, 0.3) is 0 Å². The standard InChI is InChI=1S/C21H26BN5O/c1-14-2-7-18-19(14)20(25-13-24-18)26-8-10-27(11-9-26)21(28)17(23)12-15-3-5-16(22)6-4-15/h3-6,13-14,17H,2,7-12,23H2,1H3/t14-,17-/m1/s1. The molecule has 0 saturated carbocycles. The van der Waals surface area contributed by atoms with Gasteiger partial charge in [-0.25, -0.2) is 9.97 Å². The highest BCUT2D eigenvalue weighted by Gasteiger charge is 2.30. The maximum absolute atomic E-state index is 12.8. The maximum atomic E-state index is 12.8. The Kier molecular flexibility index (Phi) is 5.35. The fourth-order valence-corrected chi connectivity index (χ4v) is 4.24. The zero-order chi connectivity index (χ0) is 19.7. The molecule has 1 fully saturated rings. The van der Waals surface area contributed by atoms with Crippen LogP contribution in [0.1, 0.15) is 36.1 Å². The van der Waals surface area contributed by atoms with Gasteiger partial charge in [0.1, 0.15) is 20.0 Å². The molecule has 0 spiro atoms. The number of carbonyl (C=O) groups excluding carboxylic acids is 1. The molecular weight excluding hydrogens is 349 g/mol. The van der Waals surface area contributed by atoms with Crippen LogP contribution < -0.4 is 16.1 Å². The fourth-order valence-electron chi connectivity index (χ4n) is 4.24. The van der Waals surface area contributed by atoms with Crippen LogP contribution in [0.2, 0.25) is 0 Å². The molecule has 144 valence electrons. The lowest BCUT2D eigenvalue weighted by Gasteiger charge is -2.37. The van der Waals surface area contributed by atoms with Gasteiger partial charge in [0.15, 0.2) is 0 Å². The van der Waals surface area contributed by atoms with E-state index in [-0.39, 0.29) is 5.91 Å². The summed E-state index contributed by atoms with van der Waals surface area (Å²) in [7, 11) is 5.72. The fraction of sp³-hybridized carbons (Fsp3) is 0.476. The van der Waals surface area contributed by atoms with Crippen LogP contribution in [0.4, 0.5) is 5.82 Å². The molecule has 2 aromatic rings. The van der Waals surface area contributed by atoms with E-state index < -0.39 is 6.04 Å². The quantitative estimate of drug-likeness (QED) is 0.790. The van der Waals surface area contributed by atoms with Crippen LogP contribution in [0, 0.1) is 0 Å². The van der Waals surface area contributed by atoms with E-state index in [2.05, 4.69) is 21.8 Å². The third-order valence-electron chi connectivity index (χ3n) is 5.90. The molecule has 2 radical (unpaired) electrons. The molecule has 6 nitrogen and oxygen atoms in total. The molecule has 0 unspecified atom stereocenters. The van der Waals surface area contributed by atoms with Crippen molar-refractivity contribution < 1.29 is 4.79 Å². The minimum absolute atomic E-state index is 0.0118. The molecule has 1 aliphatic heterocycles. The maximum Gasteiger partial charge on any atom is 0.239 e. The number of fused-ring (bicyclic) bond motifs is 1. The largest absolute Gasteiger partial charge is 0.353 e. The summed E-state index contributed by atoms with van der Waals surface area (Å²) in [6.45, 7) is 5.13. The molecule has 1 aromatic carbocycles. The predicted octanol–water partition coefficient (Wildman–Crippen LogP) is 0.539. The van der Waals surface area contributed by atoms with Crippen LogP contribution in [0.3, 0.4) is 0 Å². The molecular formula is C21H26BN5O. The number of aromatic nitrogens is 2. The van der Waals surface area contributed by atoms with Crippen molar-refractivity contribution in [1.29, 1.82) is 0 Å². The van der Waals surface area contributed by atoms with Crippen LogP contribution in [-0.2, 0) is 17.6 Å². The monoisotopic (exact) mass is 375 g/mol. The van der Waals surface area contributed by atoms with Gasteiger partial charge in [-0.2, -0.15) is 0 Å². The highest BCUT2D eigenvalue weighted by Crippen LogP contribution is 2.37. The van der Waals surface area contributed by atoms with Crippen LogP contribution in [-0.4, -0.2) is 60.8 Å². The molecule has 2 atom stereocenters. The van der Waals surface area contributed by atoms with E-state index in [1.807, 2.05) is 29.2 Å². The third-order valence-corrected chi connectivity index (χ3v) is 5.90. The number of carbonyl (C=O) groups is 1. The molecule has 4 rings (SSSR count). The number of amides is 1. The average molecular weight is 375 g/mol. The van der Waals surface area contributed by atoms with Crippen molar-refractivity contribution in [3.8, 4) is 0 Å². The van der Waals surface area contributed by atoms with Crippen molar-refractivity contribution in [2.24, 2.45) is 5.73 Å². The summed E-state index contributed by atoms with van der Waals surface area (Å²) in [6.07, 6.45) is 4.37. The number of hydrogen-bond acceptors (Lipinski definition) is 5. The van der Waals surface area contributed by atoms with Crippen LogP contribution in [0.5, 0.6) is 0 Å². The number of nitrogens with zero attached hydrogens (tertiary/aromatic N) is 4. The number of rotatable bonds is 4. The first-order valence-electron chi connectivity index (χ1n) is 10.0. The molecule has 1 amide bonds. The summed E-state index contributed by atoms with van der Waals surface area (Å²) in [4.78, 5) is 26.0. The number of nitrogens with two attached hydrogens (primary N) is 1. The normalized spacial score (nSPS) is 20.1. The van der Waals surface area contributed by atoms with Crippen molar-refractivity contribution in [3.63, 3.8) is 0 Å². The molecule has 0 bridgehead atoms. The summed E-state index contributed by atoms with van der Waals surface area (Å²) in [5.74, 6) is 1.56. The van der Waals surface area contributed by atoms with Crippen LogP contribution in [0.15, 0.2) is 30.6 Å². The lowest BCUT2D eigenvalue weighted by atomic mass is 9.94. The Morgan fingerprint density at radius 3 is 2.64 bits per heavy atom. The summed E-state index contributed by atoms with van der Waals surface area (Å²) in [5.41, 5.74) is 10.4. The molecule has 2 aliphatic rings. The topological polar surface area (TPSA) is 75.4 Å². The van der Waals surface area contributed by atoms with Crippen molar-refractivity contribution in [2.75, 3.05) is 31.1 Å². The smallest absolute Gasteiger partial charge is 0.239 e. The molecule has 28 heavy (non-hydrogen) atoms. The Bertz CT molecular complexity index is 848. The van der Waals surface area contributed by atoms with Gasteiger partial charge in [-0.1, -0.05) is 36.7 Å². The van der Waals surface area contributed by atoms with Gasteiger partial charge >= 0.3 is 0 Å². The molecule has 1 aromatic heterocycles. The van der Waals surface area contributed by atoms with Gasteiger partial charge in [-0.3, -0.25) is 4.79 Å². The molecule has 1 aliphatic carbocycles. The summed E-state index contributed by atoms with van der Waals surface area (Å²) >= 11 is 0. The van der Waals surface area contributed by atoms with Gasteiger partial charge in [-0.05, 0) is 30.7 Å². The zero-order valence-corrected chi connectivity index (χ0v) is 16.3. The first kappa shape index (κ1) is 18.9. The Morgan fingerprint density at radius 1 is 1.21 bits per heavy atom. The van der Waals surface area contributed by atoms with Gasteiger partial charge in [0.05, 0.1) is 6.04 Å². The van der Waals surface area contributed by atoms with Crippen LogP contribution >= 0.6 is 0 Å². The van der Waals surface area contributed by atoms with E-state index in [1.165, 1.54) is 11.3 Å². The third kappa shape index (κ3) is 3.76. The van der Waals surface area contributed by atoms with E-state index in [1.54, 1.807) is 6.33 Å². The first-order valence-corrected chi connectivity index (χ1v) is 10.0. The summed E-state index contributed by atoms with van der Waals surface area (Å²) in [5, 5.41) is 0. The molecule has 7 heteroatoms. The van der Waals surface area contributed by atoms with Crippen molar-refractivity contribution in [3.05, 3.63) is 47.4 Å². The Labute approximate surface area is 167 Å². The van der Waals surface area contributed by atoms with E-state index in [4.69, 9.17) is 13.6 Å². The Hall–Kier alpha value is -2.41. The first-order chi connectivity index (χ1) is 13.5. The van der Waals surface area contributed by atoms with Crippen molar-refractivity contribution in [2.45, 2.75) is 38.1 Å². The molecule has 1 saturated heterocycles. The second kappa shape index (κ2) is 7.91. The highest BCUT2D eigenvalue weighted by molar-refractivity contribution is 6.32. The Morgan fingerprint density at radius 2 is 1.93 bits per heavy atom. The summed E-state index contributed by atoms with van der Waals surface area (Å²) < 4.78 is 0. The number of piperazine rings is 1. The predicted molar refractivity (Wildman–Crippen MR) is 111 cm³/mol. The minimum atomic E-state index is -0.529. The van der Waals surface area contributed by atoms with Crippen molar-refractivity contribution in [1.82, 2.24) is 14.9 Å². The SMILES string of the molecule is [B]c1ccc(C[C@@H](N)C(=O)N2CCN(c3ncnc4c3[C@H](C)CC4)CC2)cc1. The van der Waals surface area contributed by atoms with E-state index in [0.29, 0.717) is 30.9 Å². The zero-order valence-electron chi connectivity index (χ0n) is 16.3. The lowest BCUT2D eigenvalue weighted by molar-refractivity contribution is -0.132. The van der Waals surface area contributed by atoms with E-state index in [9.17, 15) is 4.79 Å². The van der Waals surface area contributed by atoms with Crippen molar-refractivity contribution >= 4 is 25.0 Å². The number of hydrogen-bond donors (Lipinski definition) is 1. The van der Waals surface area contributed by atoms with Gasteiger partial charge in [0, 0.05) is 37.4 Å². The average Bonchev–Trinajstić information content (AvgIpc) is 3.10. The Balaban J connectivity index is 1.37. The minimum Gasteiger partial charge on any atom is -0.353 e. The molecule has 2 N–H and O–H groups in total. The number of aryl methyl sites for hydroxylation is 1. The number of anilines is 1.